The average Bonchev–Trinajstić information content (AvgIpc) is 2.54. The minimum atomic E-state index is -0.560. The van der Waals surface area contributed by atoms with Crippen LogP contribution < -0.4 is 0 Å². The zero-order chi connectivity index (χ0) is 18.5. The van der Waals surface area contributed by atoms with Crippen molar-refractivity contribution in [3.63, 3.8) is 0 Å². The molecule has 2 aromatic rings. The Bertz CT molecular complexity index is 703. The van der Waals surface area contributed by atoms with Crippen molar-refractivity contribution in [3.8, 4) is 22.3 Å². The third kappa shape index (κ3) is 6.08. The van der Waals surface area contributed by atoms with Crippen LogP contribution in [0.15, 0.2) is 42.5 Å². The Hall–Kier alpha value is -2.88. The van der Waals surface area contributed by atoms with Crippen molar-refractivity contribution in [1.29, 1.82) is 10.8 Å². The van der Waals surface area contributed by atoms with Gasteiger partial charge in [0.15, 0.2) is 0 Å². The van der Waals surface area contributed by atoms with E-state index in [1.165, 1.54) is 34.7 Å². The van der Waals surface area contributed by atoms with Crippen molar-refractivity contribution in [2.75, 3.05) is 6.61 Å². The van der Waals surface area contributed by atoms with Crippen LogP contribution in [0, 0.1) is 17.7 Å². The maximum Gasteiger partial charge on any atom is 0.231 e. The predicted octanol–water partition coefficient (Wildman–Crippen LogP) is 2.80. The van der Waals surface area contributed by atoms with Crippen LogP contribution in [0.3, 0.4) is 0 Å². The number of nitrogens with one attached hydrogen (secondary N) is 2. The minimum Gasteiger partial charge on any atom is -0.394 e. The number of benzene rings is 2. The van der Waals surface area contributed by atoms with Gasteiger partial charge in [0.2, 0.25) is 12.2 Å². The summed E-state index contributed by atoms with van der Waals surface area (Å²) in [5.74, 6) is 0. The molecular formula is C18H20N2O4. The average molecular weight is 328 g/mol. The minimum absolute atomic E-state index is 0.139. The van der Waals surface area contributed by atoms with Crippen LogP contribution in [0.25, 0.3) is 22.3 Å². The molecule has 1 aliphatic carbocycles. The lowest BCUT2D eigenvalue weighted by Gasteiger charge is -2.25. The molecule has 1 unspecified atom stereocenters. The van der Waals surface area contributed by atoms with Gasteiger partial charge in [-0.2, -0.15) is 0 Å². The van der Waals surface area contributed by atoms with E-state index in [0.29, 0.717) is 0 Å². The number of hydrogen-bond donors (Lipinski definition) is 4. The summed E-state index contributed by atoms with van der Waals surface area (Å²) in [5.41, 5.74) is 7.06. The molecule has 0 saturated heterocycles. The van der Waals surface area contributed by atoms with E-state index >= 15 is 0 Å². The molecule has 0 fully saturated rings. The van der Waals surface area contributed by atoms with Crippen LogP contribution in [0.1, 0.15) is 12.5 Å². The summed E-state index contributed by atoms with van der Waals surface area (Å²) < 4.78 is 0. The lowest BCUT2D eigenvalue weighted by Crippen LogP contribution is -2.03. The van der Waals surface area contributed by atoms with Crippen molar-refractivity contribution in [3.05, 3.63) is 48.0 Å². The third-order valence-corrected chi connectivity index (χ3v) is 3.02. The van der Waals surface area contributed by atoms with Gasteiger partial charge < -0.3 is 10.2 Å². The van der Waals surface area contributed by atoms with Crippen LogP contribution in [0.2, 0.25) is 0 Å². The second kappa shape index (κ2) is 11.7. The lowest BCUT2D eigenvalue weighted by atomic mass is 9.78. The standard InChI is InChI=1S/C13H10.C3H8O2.2CHNO/c1-9-5-4-8-12-10-6-2-3-7-11(10)13(9)12;1-3(5)2-4;2*2-1-3/h2-8H,1H3;3-5H,2H2,1H3;2*2H. The monoisotopic (exact) mass is 328 g/mol. The Balaban J connectivity index is 0.000000406. The first-order chi connectivity index (χ1) is 11.5. The van der Waals surface area contributed by atoms with Crippen LogP contribution in [0.5, 0.6) is 0 Å². The number of rotatable bonds is 1. The van der Waals surface area contributed by atoms with Crippen LogP contribution in [-0.4, -0.2) is 35.1 Å². The van der Waals surface area contributed by atoms with Crippen molar-refractivity contribution in [2.24, 2.45) is 0 Å². The Labute approximate surface area is 140 Å². The van der Waals surface area contributed by atoms with E-state index in [-0.39, 0.29) is 6.61 Å². The molecule has 0 bridgehead atoms. The molecule has 0 saturated carbocycles. The molecule has 1 atom stereocenters. The van der Waals surface area contributed by atoms with Crippen LogP contribution in [0.4, 0.5) is 0 Å². The van der Waals surface area contributed by atoms with E-state index in [1.54, 1.807) is 0 Å². The highest BCUT2D eigenvalue weighted by Crippen LogP contribution is 2.48. The van der Waals surface area contributed by atoms with Gasteiger partial charge in [-0.15, -0.1) is 0 Å². The van der Waals surface area contributed by atoms with E-state index in [0.717, 1.165) is 12.2 Å². The van der Waals surface area contributed by atoms with Gasteiger partial charge in [-0.1, -0.05) is 42.5 Å². The second-order valence-corrected chi connectivity index (χ2v) is 4.78. The van der Waals surface area contributed by atoms with Gasteiger partial charge in [-0.3, -0.25) is 0 Å². The van der Waals surface area contributed by atoms with E-state index in [4.69, 9.17) is 30.6 Å². The fraction of sp³-hybridized carbons (Fsp3) is 0.222. The third-order valence-electron chi connectivity index (χ3n) is 3.02. The predicted molar refractivity (Wildman–Crippen MR) is 91.2 cm³/mol. The number of aryl methyl sites for hydroxylation is 1. The number of aliphatic hydroxyl groups excluding tert-OH is 2. The Morgan fingerprint density at radius 3 is 1.83 bits per heavy atom. The molecule has 0 aromatic heterocycles. The van der Waals surface area contributed by atoms with E-state index in [1.807, 2.05) is 0 Å². The molecule has 6 heteroatoms. The molecule has 24 heavy (non-hydrogen) atoms. The Morgan fingerprint density at radius 1 is 0.958 bits per heavy atom. The first-order valence-corrected chi connectivity index (χ1v) is 7.04. The molecule has 0 aliphatic heterocycles. The highest BCUT2D eigenvalue weighted by molar-refractivity contribution is 6.03. The molecule has 0 spiro atoms. The van der Waals surface area contributed by atoms with Crippen molar-refractivity contribution in [2.45, 2.75) is 20.0 Å². The fourth-order valence-electron chi connectivity index (χ4n) is 2.12. The van der Waals surface area contributed by atoms with Crippen molar-refractivity contribution in [1.82, 2.24) is 0 Å². The second-order valence-electron chi connectivity index (χ2n) is 4.78. The summed E-state index contributed by atoms with van der Waals surface area (Å²) in [6.07, 6.45) is 0.940. The highest BCUT2D eigenvalue weighted by atomic mass is 16.3. The van der Waals surface area contributed by atoms with Gasteiger partial charge in [-0.05, 0) is 41.7 Å². The number of carbonyl (C=O) groups excluding carboxylic acids is 2. The molecule has 3 rings (SSSR count). The van der Waals surface area contributed by atoms with Crippen molar-refractivity contribution >= 4 is 12.2 Å². The summed E-state index contributed by atoms with van der Waals surface area (Å²) in [6, 6.07) is 15.1. The van der Waals surface area contributed by atoms with Gasteiger partial charge in [0.25, 0.3) is 0 Å². The molecule has 126 valence electrons. The normalized spacial score (nSPS) is 10.0. The van der Waals surface area contributed by atoms with Gasteiger partial charge in [0.05, 0.1) is 12.7 Å². The molecular weight excluding hydrogens is 308 g/mol. The molecule has 0 heterocycles. The summed E-state index contributed by atoms with van der Waals surface area (Å²) in [6.45, 7) is 3.56. The van der Waals surface area contributed by atoms with E-state index in [9.17, 15) is 0 Å². The first-order valence-electron chi connectivity index (χ1n) is 7.04. The molecule has 6 nitrogen and oxygen atoms in total. The Kier molecular flexibility index (Phi) is 10.3. The molecule has 0 radical (unpaired) electrons. The van der Waals surface area contributed by atoms with E-state index < -0.39 is 6.10 Å². The first kappa shape index (κ1) is 21.1. The number of fused-ring (bicyclic) bond motifs is 4. The summed E-state index contributed by atoms with van der Waals surface area (Å²) in [5, 5.41) is 26.8. The molecule has 2 aromatic carbocycles. The summed E-state index contributed by atoms with van der Waals surface area (Å²) in [4.78, 5) is 16.7. The maximum atomic E-state index is 8.35. The molecule has 0 amide bonds. The maximum absolute atomic E-state index is 8.35. The van der Waals surface area contributed by atoms with Crippen LogP contribution >= 0.6 is 0 Å². The number of isocyanates is 2. The van der Waals surface area contributed by atoms with Gasteiger partial charge in [0.1, 0.15) is 0 Å². The van der Waals surface area contributed by atoms with Gasteiger partial charge >= 0.3 is 0 Å². The SMILES string of the molecule is CC(O)CO.Cc1cccc2c1-c1ccccc1-2.N=C=O.N=C=O. The van der Waals surface area contributed by atoms with Gasteiger partial charge in [0, 0.05) is 0 Å². The quantitative estimate of drug-likeness (QED) is 0.405. The highest BCUT2D eigenvalue weighted by Gasteiger charge is 2.22. The van der Waals surface area contributed by atoms with Crippen molar-refractivity contribution < 1.29 is 19.8 Å². The largest absolute Gasteiger partial charge is 0.394 e. The zero-order valence-corrected chi connectivity index (χ0v) is 13.5. The fourth-order valence-corrected chi connectivity index (χ4v) is 2.12. The van der Waals surface area contributed by atoms with Gasteiger partial charge in [-0.25, -0.2) is 20.4 Å². The van der Waals surface area contributed by atoms with Crippen LogP contribution in [-0.2, 0) is 9.59 Å². The topological polar surface area (TPSA) is 122 Å². The number of hydrogen-bond acceptors (Lipinski definition) is 6. The summed E-state index contributed by atoms with van der Waals surface area (Å²) >= 11 is 0. The lowest BCUT2D eigenvalue weighted by molar-refractivity contribution is 0.110. The molecule has 1 aliphatic rings. The zero-order valence-electron chi connectivity index (χ0n) is 13.5. The smallest absolute Gasteiger partial charge is 0.231 e. The molecule has 4 N–H and O–H groups in total. The Morgan fingerprint density at radius 2 is 1.38 bits per heavy atom. The number of aliphatic hydroxyl groups is 2. The summed E-state index contributed by atoms with van der Waals surface area (Å²) in [7, 11) is 0. The van der Waals surface area contributed by atoms with E-state index in [2.05, 4.69) is 49.4 Å².